The molecule has 0 unspecified atom stereocenters. The van der Waals surface area contributed by atoms with Crippen LogP contribution in [0.5, 0.6) is 0 Å². The maximum atomic E-state index is 9.92. The van der Waals surface area contributed by atoms with Gasteiger partial charge in [0.1, 0.15) is 0 Å². The molecular formula is C24H45CuO6-3. The normalized spacial score (nSPS) is 9.39. The Morgan fingerprint density at radius 1 is 0.419 bits per heavy atom. The quantitative estimate of drug-likeness (QED) is 0.214. The molecular weight excluding hydrogens is 448 g/mol. The van der Waals surface area contributed by atoms with Crippen molar-refractivity contribution in [2.75, 3.05) is 0 Å². The summed E-state index contributed by atoms with van der Waals surface area (Å²) in [5.41, 5.74) is 0. The first kappa shape index (κ1) is 37.3. The van der Waals surface area contributed by atoms with Crippen molar-refractivity contribution in [1.29, 1.82) is 0 Å². The first-order valence-corrected chi connectivity index (χ1v) is 11.9. The van der Waals surface area contributed by atoms with Gasteiger partial charge in [-0.05, 0) is 38.5 Å². The molecule has 0 aliphatic heterocycles. The average molecular weight is 493 g/mol. The SMILES string of the molecule is CCCCCCCC(=O)[O-].CCCCCCCC(=O)[O-].CCCCCCCC(=O)[O-].[Cu]. The largest absolute Gasteiger partial charge is 0.550 e. The van der Waals surface area contributed by atoms with E-state index in [-0.39, 0.29) is 36.3 Å². The average Bonchev–Trinajstić information content (AvgIpc) is 2.68. The van der Waals surface area contributed by atoms with Crippen LogP contribution < -0.4 is 15.3 Å². The third kappa shape index (κ3) is 52.8. The minimum atomic E-state index is -0.920. The predicted octanol–water partition coefficient (Wildman–Crippen LogP) is 3.29. The van der Waals surface area contributed by atoms with Crippen LogP contribution in [0.25, 0.3) is 0 Å². The number of aliphatic carboxylic acids is 3. The van der Waals surface area contributed by atoms with Crippen LogP contribution in [0.1, 0.15) is 136 Å². The van der Waals surface area contributed by atoms with Gasteiger partial charge < -0.3 is 29.7 Å². The number of rotatable bonds is 18. The van der Waals surface area contributed by atoms with E-state index in [1.807, 2.05) is 0 Å². The molecule has 0 rings (SSSR count). The molecule has 0 aromatic carbocycles. The Labute approximate surface area is 201 Å². The number of hydrogen-bond donors (Lipinski definition) is 0. The number of carboxylic acids is 3. The second kappa shape index (κ2) is 33.6. The summed E-state index contributed by atoms with van der Waals surface area (Å²) in [5, 5.41) is 29.8. The second-order valence-electron chi connectivity index (χ2n) is 7.61. The van der Waals surface area contributed by atoms with E-state index in [9.17, 15) is 29.7 Å². The van der Waals surface area contributed by atoms with Crippen LogP contribution >= 0.6 is 0 Å². The molecule has 0 amide bonds. The van der Waals surface area contributed by atoms with E-state index >= 15 is 0 Å². The Bertz CT molecular complexity index is 331. The smallest absolute Gasteiger partial charge is 0.0414 e. The van der Waals surface area contributed by atoms with E-state index in [1.165, 1.54) is 38.5 Å². The molecule has 0 spiro atoms. The Balaban J connectivity index is -0.000000174. The molecule has 31 heavy (non-hydrogen) atoms. The summed E-state index contributed by atoms with van der Waals surface area (Å²) < 4.78 is 0. The van der Waals surface area contributed by atoms with E-state index in [0.29, 0.717) is 0 Å². The molecule has 7 heteroatoms. The van der Waals surface area contributed by atoms with Crippen LogP contribution in [0.3, 0.4) is 0 Å². The molecule has 0 bridgehead atoms. The van der Waals surface area contributed by atoms with Gasteiger partial charge in [-0.15, -0.1) is 0 Å². The molecule has 0 fully saturated rings. The maximum absolute atomic E-state index is 9.92. The molecule has 0 atom stereocenters. The Hall–Kier alpha value is -1.07. The molecule has 0 aromatic heterocycles. The molecule has 0 aliphatic carbocycles. The van der Waals surface area contributed by atoms with Gasteiger partial charge in [0, 0.05) is 35.0 Å². The van der Waals surface area contributed by atoms with Crippen molar-refractivity contribution in [3.63, 3.8) is 0 Å². The molecule has 0 saturated heterocycles. The minimum Gasteiger partial charge on any atom is -0.550 e. The summed E-state index contributed by atoms with van der Waals surface area (Å²) in [6, 6.07) is 0. The number of carbonyl (C=O) groups is 3. The minimum absolute atomic E-state index is 0. The molecule has 0 saturated carbocycles. The third-order valence-electron chi connectivity index (χ3n) is 4.45. The zero-order chi connectivity index (χ0) is 23.5. The van der Waals surface area contributed by atoms with Crippen molar-refractivity contribution in [2.24, 2.45) is 0 Å². The van der Waals surface area contributed by atoms with Crippen LogP contribution in [0.2, 0.25) is 0 Å². The first-order chi connectivity index (χ1) is 14.3. The topological polar surface area (TPSA) is 120 Å². The third-order valence-corrected chi connectivity index (χ3v) is 4.45. The Morgan fingerprint density at radius 2 is 0.613 bits per heavy atom. The van der Waals surface area contributed by atoms with Gasteiger partial charge in [-0.2, -0.15) is 0 Å². The van der Waals surface area contributed by atoms with Crippen LogP contribution in [0.15, 0.2) is 0 Å². The van der Waals surface area contributed by atoms with Gasteiger partial charge in [0.2, 0.25) is 0 Å². The Morgan fingerprint density at radius 3 is 0.774 bits per heavy atom. The first-order valence-electron chi connectivity index (χ1n) is 11.9. The van der Waals surface area contributed by atoms with Gasteiger partial charge in [-0.25, -0.2) is 0 Å². The Kier molecular flexibility index (Phi) is 40.3. The molecule has 0 heterocycles. The fourth-order valence-electron chi connectivity index (χ4n) is 2.62. The molecule has 6 nitrogen and oxygen atoms in total. The van der Waals surface area contributed by atoms with Crippen molar-refractivity contribution in [3.8, 4) is 0 Å². The second-order valence-corrected chi connectivity index (χ2v) is 7.61. The van der Waals surface area contributed by atoms with Gasteiger partial charge in [-0.1, -0.05) is 97.8 Å². The van der Waals surface area contributed by atoms with E-state index < -0.39 is 17.9 Å². The van der Waals surface area contributed by atoms with Crippen LogP contribution in [0.4, 0.5) is 0 Å². The summed E-state index contributed by atoms with van der Waals surface area (Å²) in [7, 11) is 0. The van der Waals surface area contributed by atoms with Crippen molar-refractivity contribution in [3.05, 3.63) is 0 Å². The van der Waals surface area contributed by atoms with Crippen molar-refractivity contribution < 1.29 is 46.8 Å². The number of carbonyl (C=O) groups excluding carboxylic acids is 3. The van der Waals surface area contributed by atoms with Gasteiger partial charge in [0.15, 0.2) is 0 Å². The molecule has 191 valence electrons. The van der Waals surface area contributed by atoms with E-state index in [2.05, 4.69) is 20.8 Å². The van der Waals surface area contributed by atoms with Gasteiger partial charge >= 0.3 is 0 Å². The predicted molar refractivity (Wildman–Crippen MR) is 115 cm³/mol. The summed E-state index contributed by atoms with van der Waals surface area (Å²) in [6.07, 6.45) is 16.8. The van der Waals surface area contributed by atoms with Crippen LogP contribution in [0, 0.1) is 0 Å². The maximum Gasteiger partial charge on any atom is 0.0414 e. The molecule has 0 aromatic rings. The number of unbranched alkanes of at least 4 members (excludes halogenated alkanes) is 12. The zero-order valence-corrected chi connectivity index (χ0v) is 20.9. The summed E-state index contributed by atoms with van der Waals surface area (Å²) in [6.45, 7) is 6.41. The van der Waals surface area contributed by atoms with E-state index in [1.54, 1.807) is 0 Å². The van der Waals surface area contributed by atoms with Crippen molar-refractivity contribution in [2.45, 2.75) is 136 Å². The zero-order valence-electron chi connectivity index (χ0n) is 20.0. The van der Waals surface area contributed by atoms with Crippen molar-refractivity contribution >= 4 is 17.9 Å². The fourth-order valence-corrected chi connectivity index (χ4v) is 2.62. The number of carboxylic acid groups (broad SMARTS) is 3. The standard InChI is InChI=1S/3C8H16O2.Cu/c3*1-2-3-4-5-6-7-8(9)10;/h3*2-7H2,1H3,(H,9,10);/p-3. The van der Waals surface area contributed by atoms with Crippen LogP contribution in [-0.2, 0) is 31.5 Å². The number of hydrogen-bond acceptors (Lipinski definition) is 6. The fraction of sp³-hybridized carbons (Fsp3) is 0.875. The summed E-state index contributed by atoms with van der Waals surface area (Å²) >= 11 is 0. The summed E-state index contributed by atoms with van der Waals surface area (Å²) in [5.74, 6) is -2.76. The molecule has 1 radical (unpaired) electrons. The monoisotopic (exact) mass is 492 g/mol. The van der Waals surface area contributed by atoms with Gasteiger partial charge in [-0.3, -0.25) is 0 Å². The van der Waals surface area contributed by atoms with Gasteiger partial charge in [0.05, 0.1) is 0 Å². The van der Waals surface area contributed by atoms with Crippen molar-refractivity contribution in [1.82, 2.24) is 0 Å². The summed E-state index contributed by atoms with van der Waals surface area (Å²) in [4.78, 5) is 29.8. The van der Waals surface area contributed by atoms with Crippen LogP contribution in [-0.4, -0.2) is 17.9 Å². The molecule has 0 aliphatic rings. The van der Waals surface area contributed by atoms with Gasteiger partial charge in [0.25, 0.3) is 0 Å². The van der Waals surface area contributed by atoms with E-state index in [0.717, 1.165) is 57.8 Å². The van der Waals surface area contributed by atoms with E-state index in [4.69, 9.17) is 0 Å². The molecule has 0 N–H and O–H groups in total.